The molecule has 0 aliphatic heterocycles. The molecular formula is C28H38N6O7. The standard InChI is InChI=1S/C28H38N6O7/c1-28(2,3)41-27(40)32-23(26(38)39)17-18(25(36)37)5-4-6-24(35)31-20-9-13-22(14-10-20)34-33-21-11-7-19(8-12-21)30-16-15-29/h7-14,18,23,30H,4-6,15-17,29H2,1-3H3,(H,31,35)(H,32,40)(H,36,37)(H,38,39)/t18-,23-/m0/s1. The second-order valence-corrected chi connectivity index (χ2v) is 10.3. The summed E-state index contributed by atoms with van der Waals surface area (Å²) in [5.74, 6) is -4.00. The third kappa shape index (κ3) is 12.9. The van der Waals surface area contributed by atoms with Gasteiger partial charge in [-0.1, -0.05) is 0 Å². The van der Waals surface area contributed by atoms with Crippen molar-refractivity contribution in [3.63, 3.8) is 0 Å². The number of azo groups is 1. The lowest BCUT2D eigenvalue weighted by Crippen LogP contribution is -2.45. The molecule has 13 heteroatoms. The number of anilines is 2. The summed E-state index contributed by atoms with van der Waals surface area (Å²) >= 11 is 0. The van der Waals surface area contributed by atoms with E-state index in [0.717, 1.165) is 5.69 Å². The van der Waals surface area contributed by atoms with Crippen LogP contribution in [0.2, 0.25) is 0 Å². The van der Waals surface area contributed by atoms with Crippen LogP contribution < -0.4 is 21.7 Å². The van der Waals surface area contributed by atoms with Crippen molar-refractivity contribution in [1.29, 1.82) is 0 Å². The summed E-state index contributed by atoms with van der Waals surface area (Å²) < 4.78 is 5.06. The van der Waals surface area contributed by atoms with E-state index < -0.39 is 35.6 Å². The van der Waals surface area contributed by atoms with Crippen LogP contribution in [0.3, 0.4) is 0 Å². The molecule has 13 nitrogen and oxygen atoms in total. The first-order valence-electron chi connectivity index (χ1n) is 13.2. The Hall–Kier alpha value is -4.52. The van der Waals surface area contributed by atoms with Crippen LogP contribution in [-0.4, -0.2) is 58.9 Å². The molecule has 7 N–H and O–H groups in total. The van der Waals surface area contributed by atoms with E-state index in [1.165, 1.54) is 0 Å². The number of carboxylic acids is 2. The van der Waals surface area contributed by atoms with Gasteiger partial charge in [0.05, 0.1) is 17.3 Å². The van der Waals surface area contributed by atoms with E-state index in [1.807, 2.05) is 24.3 Å². The van der Waals surface area contributed by atoms with Gasteiger partial charge in [-0.05, 0) is 88.6 Å². The summed E-state index contributed by atoms with van der Waals surface area (Å²) in [7, 11) is 0. The van der Waals surface area contributed by atoms with Crippen LogP contribution in [0, 0.1) is 5.92 Å². The lowest BCUT2D eigenvalue weighted by molar-refractivity contribution is -0.144. The highest BCUT2D eigenvalue weighted by Gasteiger charge is 2.29. The number of nitrogens with two attached hydrogens (primary N) is 1. The second kappa shape index (κ2) is 15.9. The van der Waals surface area contributed by atoms with Crippen molar-refractivity contribution in [2.24, 2.45) is 21.9 Å². The highest BCUT2D eigenvalue weighted by molar-refractivity contribution is 5.90. The molecule has 0 bridgehead atoms. The largest absolute Gasteiger partial charge is 0.481 e. The van der Waals surface area contributed by atoms with E-state index in [2.05, 4.69) is 26.2 Å². The third-order valence-corrected chi connectivity index (χ3v) is 5.59. The van der Waals surface area contributed by atoms with Crippen molar-refractivity contribution in [2.75, 3.05) is 23.7 Å². The van der Waals surface area contributed by atoms with Crippen LogP contribution in [0.15, 0.2) is 58.8 Å². The summed E-state index contributed by atoms with van der Waals surface area (Å²) in [5.41, 5.74) is 7.37. The Morgan fingerprint density at radius 2 is 1.46 bits per heavy atom. The van der Waals surface area contributed by atoms with Crippen molar-refractivity contribution in [3.05, 3.63) is 48.5 Å². The quantitative estimate of drug-likeness (QED) is 0.165. The van der Waals surface area contributed by atoms with E-state index in [4.69, 9.17) is 10.5 Å². The molecule has 0 aliphatic carbocycles. The zero-order chi connectivity index (χ0) is 30.4. The molecule has 41 heavy (non-hydrogen) atoms. The van der Waals surface area contributed by atoms with E-state index in [0.29, 0.717) is 30.2 Å². The number of hydrogen-bond donors (Lipinski definition) is 6. The SMILES string of the molecule is CC(C)(C)OC(=O)N[C@@H](C[C@H](CCCC(=O)Nc1ccc(N=Nc2ccc(NCCN)cc2)cc1)C(=O)O)C(=O)O. The Kier molecular flexibility index (Phi) is 12.7. The van der Waals surface area contributed by atoms with Gasteiger partial charge in [-0.25, -0.2) is 9.59 Å². The van der Waals surface area contributed by atoms with Crippen LogP contribution in [0.4, 0.5) is 27.5 Å². The number of carbonyl (C=O) groups excluding carboxylic acids is 2. The maximum absolute atomic E-state index is 12.4. The van der Waals surface area contributed by atoms with Gasteiger partial charge in [-0.15, -0.1) is 0 Å². The fourth-order valence-corrected chi connectivity index (χ4v) is 3.62. The zero-order valence-corrected chi connectivity index (χ0v) is 23.4. The van der Waals surface area contributed by atoms with Gasteiger partial charge in [0.25, 0.3) is 0 Å². The van der Waals surface area contributed by atoms with Crippen molar-refractivity contribution in [3.8, 4) is 0 Å². The fraction of sp³-hybridized carbons (Fsp3) is 0.429. The topological polar surface area (TPSA) is 205 Å². The lowest BCUT2D eigenvalue weighted by atomic mass is 9.94. The summed E-state index contributed by atoms with van der Waals surface area (Å²) in [6.07, 6.45) is -1.03. The van der Waals surface area contributed by atoms with Gasteiger partial charge in [-0.2, -0.15) is 10.2 Å². The van der Waals surface area contributed by atoms with Crippen LogP contribution in [0.5, 0.6) is 0 Å². The van der Waals surface area contributed by atoms with Gasteiger partial charge >= 0.3 is 18.0 Å². The van der Waals surface area contributed by atoms with Gasteiger partial charge in [0.1, 0.15) is 11.6 Å². The van der Waals surface area contributed by atoms with Crippen LogP contribution >= 0.6 is 0 Å². The Morgan fingerprint density at radius 3 is 1.95 bits per heavy atom. The molecule has 2 aromatic carbocycles. The van der Waals surface area contributed by atoms with Crippen LogP contribution in [0.25, 0.3) is 0 Å². The molecule has 2 atom stereocenters. The highest BCUT2D eigenvalue weighted by Crippen LogP contribution is 2.22. The predicted octanol–water partition coefficient (Wildman–Crippen LogP) is 4.65. The lowest BCUT2D eigenvalue weighted by Gasteiger charge is -2.23. The molecule has 0 saturated heterocycles. The normalized spacial score (nSPS) is 12.8. The number of nitrogens with one attached hydrogen (secondary N) is 3. The predicted molar refractivity (Wildman–Crippen MR) is 154 cm³/mol. The minimum absolute atomic E-state index is 0.0264. The molecule has 222 valence electrons. The molecule has 2 amide bonds. The van der Waals surface area contributed by atoms with E-state index in [-0.39, 0.29) is 31.6 Å². The summed E-state index contributed by atoms with van der Waals surface area (Å²) in [4.78, 5) is 47.6. The monoisotopic (exact) mass is 570 g/mol. The van der Waals surface area contributed by atoms with Crippen molar-refractivity contribution < 1.29 is 34.1 Å². The molecule has 0 fully saturated rings. The number of nitrogens with zero attached hydrogens (tertiary/aromatic N) is 2. The van der Waals surface area contributed by atoms with Crippen molar-refractivity contribution in [2.45, 2.75) is 58.1 Å². The Labute approximate surface area is 238 Å². The fourth-order valence-electron chi connectivity index (χ4n) is 3.62. The van der Waals surface area contributed by atoms with Crippen LogP contribution in [0.1, 0.15) is 46.5 Å². The average Bonchev–Trinajstić information content (AvgIpc) is 2.89. The summed E-state index contributed by atoms with van der Waals surface area (Å²) in [5, 5.41) is 35.5. The molecule has 0 heterocycles. The molecule has 0 aromatic heterocycles. The maximum atomic E-state index is 12.4. The van der Waals surface area contributed by atoms with Gasteiger partial charge in [0.2, 0.25) is 5.91 Å². The molecular weight excluding hydrogens is 532 g/mol. The number of hydrogen-bond acceptors (Lipinski definition) is 9. The first-order chi connectivity index (χ1) is 19.4. The molecule has 2 aromatic rings. The number of alkyl carbamates (subject to hydrolysis) is 1. The number of benzene rings is 2. The van der Waals surface area contributed by atoms with Crippen LogP contribution in [-0.2, 0) is 19.1 Å². The van der Waals surface area contributed by atoms with Crippen molar-refractivity contribution >= 4 is 46.7 Å². The van der Waals surface area contributed by atoms with Gasteiger partial charge in [0, 0.05) is 30.9 Å². The maximum Gasteiger partial charge on any atom is 0.408 e. The number of aliphatic carboxylic acids is 2. The number of amides is 2. The van der Waals surface area contributed by atoms with E-state index >= 15 is 0 Å². The molecule has 0 aliphatic rings. The van der Waals surface area contributed by atoms with E-state index in [1.54, 1.807) is 45.0 Å². The minimum atomic E-state index is -1.45. The smallest absolute Gasteiger partial charge is 0.408 e. The summed E-state index contributed by atoms with van der Waals surface area (Å²) in [6.45, 7) is 6.08. The summed E-state index contributed by atoms with van der Waals surface area (Å²) in [6, 6.07) is 12.7. The average molecular weight is 571 g/mol. The number of carbonyl (C=O) groups is 4. The molecule has 0 spiro atoms. The Morgan fingerprint density at radius 1 is 0.902 bits per heavy atom. The number of ether oxygens (including phenoxy) is 1. The molecule has 0 radical (unpaired) electrons. The Bertz CT molecular complexity index is 1190. The molecule has 0 unspecified atom stereocenters. The van der Waals surface area contributed by atoms with Crippen molar-refractivity contribution in [1.82, 2.24) is 5.32 Å². The second-order valence-electron chi connectivity index (χ2n) is 10.3. The first kappa shape index (κ1) is 32.7. The minimum Gasteiger partial charge on any atom is -0.481 e. The van der Waals surface area contributed by atoms with Gasteiger partial charge in [-0.3, -0.25) is 9.59 Å². The van der Waals surface area contributed by atoms with Gasteiger partial charge < -0.3 is 36.6 Å². The first-order valence-corrected chi connectivity index (χ1v) is 13.2. The molecule has 0 saturated carbocycles. The van der Waals surface area contributed by atoms with E-state index in [9.17, 15) is 29.4 Å². The number of carboxylic acid groups (broad SMARTS) is 2. The Balaban J connectivity index is 1.83. The zero-order valence-electron chi connectivity index (χ0n) is 23.4. The van der Waals surface area contributed by atoms with Gasteiger partial charge in [0.15, 0.2) is 0 Å². The molecule has 2 rings (SSSR count). The highest BCUT2D eigenvalue weighted by atomic mass is 16.6. The number of rotatable bonds is 15. The third-order valence-electron chi connectivity index (χ3n) is 5.59.